The Bertz CT molecular complexity index is 259. The first kappa shape index (κ1) is 8.96. The van der Waals surface area contributed by atoms with E-state index in [1.165, 1.54) is 0 Å². The van der Waals surface area contributed by atoms with Gasteiger partial charge in [-0.3, -0.25) is 0 Å². The molecule has 0 aliphatic carbocycles. The average molecular weight is 174 g/mol. The number of para-hydroxylation sites is 1. The molecule has 1 rings (SSSR count). The number of hydrogen-bond donors (Lipinski definition) is 2. The van der Waals surface area contributed by atoms with Crippen molar-refractivity contribution in [1.82, 2.24) is 0 Å². The van der Waals surface area contributed by atoms with Crippen LogP contribution in [0.25, 0.3) is 0 Å². The number of benzene rings is 1. The van der Waals surface area contributed by atoms with Crippen molar-refractivity contribution in [2.75, 3.05) is 0 Å². The van der Waals surface area contributed by atoms with Gasteiger partial charge in [0.1, 0.15) is 0 Å². The summed E-state index contributed by atoms with van der Waals surface area (Å²) in [6.45, 7) is 0. The maximum Gasteiger partial charge on any atom is 0.707 e. The predicted octanol–water partition coefficient (Wildman–Crippen LogP) is 0.313. The second kappa shape index (κ2) is 3.51. The summed E-state index contributed by atoms with van der Waals surface area (Å²) in [6.07, 6.45) is 0. The Kier molecular flexibility index (Phi) is 2.62. The van der Waals surface area contributed by atoms with Crippen molar-refractivity contribution in [3.05, 3.63) is 29.8 Å². The van der Waals surface area contributed by atoms with E-state index in [0.717, 1.165) is 18.2 Å². The molecule has 6 heteroatoms. The lowest BCUT2D eigenvalue weighted by atomic mass is 10.2. The van der Waals surface area contributed by atoms with Crippen LogP contribution < -0.4 is 4.65 Å². The van der Waals surface area contributed by atoms with Crippen LogP contribution in [0.1, 0.15) is 0 Å². The van der Waals surface area contributed by atoms with Gasteiger partial charge in [-0.25, -0.2) is 8.78 Å². The van der Waals surface area contributed by atoms with E-state index in [9.17, 15) is 8.78 Å². The van der Waals surface area contributed by atoms with Gasteiger partial charge in [-0.15, -0.1) is 0 Å². The minimum atomic E-state index is -2.23. The SMILES string of the molecule is OB(O)Oc1c(F)cccc1F. The van der Waals surface area contributed by atoms with E-state index in [1.807, 2.05) is 0 Å². The van der Waals surface area contributed by atoms with Gasteiger partial charge in [-0.05, 0) is 12.1 Å². The second-order valence-corrected chi connectivity index (χ2v) is 1.99. The summed E-state index contributed by atoms with van der Waals surface area (Å²) in [5, 5.41) is 16.5. The fraction of sp³-hybridized carbons (Fsp3) is 0. The molecule has 0 aromatic heterocycles. The first-order valence-corrected chi connectivity index (χ1v) is 3.08. The summed E-state index contributed by atoms with van der Waals surface area (Å²) in [6, 6.07) is 3.03. The summed E-state index contributed by atoms with van der Waals surface area (Å²) in [4.78, 5) is 0. The smallest absolute Gasteiger partial charge is 0.508 e. The van der Waals surface area contributed by atoms with E-state index in [-0.39, 0.29) is 0 Å². The maximum absolute atomic E-state index is 12.6. The van der Waals surface area contributed by atoms with E-state index >= 15 is 0 Å². The molecular formula is C6H5BF2O3. The molecule has 1 aromatic carbocycles. The van der Waals surface area contributed by atoms with Crippen LogP contribution in [0, 0.1) is 11.6 Å². The van der Waals surface area contributed by atoms with E-state index in [2.05, 4.69) is 4.65 Å². The molecule has 0 unspecified atom stereocenters. The van der Waals surface area contributed by atoms with Crippen LogP contribution in [0.5, 0.6) is 5.75 Å². The van der Waals surface area contributed by atoms with Crippen LogP contribution in [0.15, 0.2) is 18.2 Å². The molecule has 0 saturated heterocycles. The minimum absolute atomic E-state index is 0.799. The largest absolute Gasteiger partial charge is 0.707 e. The highest BCUT2D eigenvalue weighted by atomic mass is 19.1. The van der Waals surface area contributed by atoms with Crippen molar-refractivity contribution < 1.29 is 23.5 Å². The van der Waals surface area contributed by atoms with Crippen molar-refractivity contribution in [3.63, 3.8) is 0 Å². The van der Waals surface area contributed by atoms with E-state index in [0.29, 0.717) is 0 Å². The van der Waals surface area contributed by atoms with Crippen molar-refractivity contribution in [2.45, 2.75) is 0 Å². The van der Waals surface area contributed by atoms with Crippen LogP contribution in [-0.2, 0) is 0 Å². The molecule has 0 spiro atoms. The number of halogens is 2. The van der Waals surface area contributed by atoms with Gasteiger partial charge in [-0.1, -0.05) is 6.07 Å². The van der Waals surface area contributed by atoms with Crippen LogP contribution in [0.3, 0.4) is 0 Å². The molecule has 0 radical (unpaired) electrons. The van der Waals surface area contributed by atoms with Crippen LogP contribution >= 0.6 is 0 Å². The molecule has 0 amide bonds. The van der Waals surface area contributed by atoms with E-state index in [1.54, 1.807) is 0 Å². The summed E-state index contributed by atoms with van der Waals surface area (Å²) in [7, 11) is -2.23. The minimum Gasteiger partial charge on any atom is -0.508 e. The quantitative estimate of drug-likeness (QED) is 0.634. The van der Waals surface area contributed by atoms with Gasteiger partial charge in [0.2, 0.25) is 0 Å². The number of rotatable bonds is 2. The summed E-state index contributed by atoms with van der Waals surface area (Å²) >= 11 is 0. The van der Waals surface area contributed by atoms with Gasteiger partial charge in [0.25, 0.3) is 0 Å². The third-order valence-electron chi connectivity index (χ3n) is 1.14. The first-order valence-electron chi connectivity index (χ1n) is 3.08. The summed E-state index contributed by atoms with van der Waals surface area (Å²) in [5.41, 5.74) is 0. The van der Waals surface area contributed by atoms with Gasteiger partial charge in [0.05, 0.1) is 0 Å². The Morgan fingerprint density at radius 2 is 1.67 bits per heavy atom. The Labute approximate surface area is 67.4 Å². The molecule has 64 valence electrons. The molecule has 12 heavy (non-hydrogen) atoms. The second-order valence-electron chi connectivity index (χ2n) is 1.99. The lowest BCUT2D eigenvalue weighted by Crippen LogP contribution is -2.21. The van der Waals surface area contributed by atoms with Gasteiger partial charge in [0, 0.05) is 0 Å². The van der Waals surface area contributed by atoms with Crippen molar-refractivity contribution in [2.24, 2.45) is 0 Å². The molecule has 0 bridgehead atoms. The average Bonchev–Trinajstić information content (AvgIpc) is 1.97. The fourth-order valence-corrected chi connectivity index (χ4v) is 0.701. The molecule has 0 aliphatic rings. The highest BCUT2D eigenvalue weighted by molar-refractivity contribution is 6.33. The molecule has 1 aromatic rings. The third kappa shape index (κ3) is 1.93. The van der Waals surface area contributed by atoms with Gasteiger partial charge in [0.15, 0.2) is 17.4 Å². The Morgan fingerprint density at radius 1 is 1.17 bits per heavy atom. The zero-order valence-electron chi connectivity index (χ0n) is 5.87. The Balaban J connectivity index is 2.96. The standard InChI is InChI=1S/C6H5BF2O3/c8-4-2-1-3-5(9)6(4)12-7(10)11/h1-3,10-11H. The maximum atomic E-state index is 12.6. The van der Waals surface area contributed by atoms with Crippen LogP contribution in [0.2, 0.25) is 0 Å². The summed E-state index contributed by atoms with van der Waals surface area (Å²) in [5.74, 6) is -2.77. The normalized spacial score (nSPS) is 9.67. The van der Waals surface area contributed by atoms with E-state index < -0.39 is 24.7 Å². The third-order valence-corrected chi connectivity index (χ3v) is 1.14. The topological polar surface area (TPSA) is 49.7 Å². The molecular weight excluding hydrogens is 169 g/mol. The Hall–Kier alpha value is -1.14. The molecule has 3 nitrogen and oxygen atoms in total. The first-order chi connectivity index (χ1) is 5.61. The Morgan fingerprint density at radius 3 is 2.08 bits per heavy atom. The molecule has 0 fully saturated rings. The van der Waals surface area contributed by atoms with Crippen LogP contribution in [-0.4, -0.2) is 17.4 Å². The van der Waals surface area contributed by atoms with Crippen molar-refractivity contribution in [1.29, 1.82) is 0 Å². The molecule has 0 aliphatic heterocycles. The lowest BCUT2D eigenvalue weighted by Gasteiger charge is -2.05. The lowest BCUT2D eigenvalue weighted by molar-refractivity contribution is 0.274. The van der Waals surface area contributed by atoms with Gasteiger partial charge in [-0.2, -0.15) is 0 Å². The highest BCUT2D eigenvalue weighted by Gasteiger charge is 2.17. The van der Waals surface area contributed by atoms with Gasteiger partial charge < -0.3 is 14.7 Å². The summed E-state index contributed by atoms with van der Waals surface area (Å²) < 4.78 is 29.3. The van der Waals surface area contributed by atoms with Crippen LogP contribution in [0.4, 0.5) is 8.78 Å². The van der Waals surface area contributed by atoms with Gasteiger partial charge >= 0.3 is 7.32 Å². The zero-order chi connectivity index (χ0) is 9.14. The molecule has 0 heterocycles. The molecule has 0 saturated carbocycles. The fourth-order valence-electron chi connectivity index (χ4n) is 0.701. The monoisotopic (exact) mass is 174 g/mol. The predicted molar refractivity (Wildman–Crippen MR) is 37.2 cm³/mol. The van der Waals surface area contributed by atoms with E-state index in [4.69, 9.17) is 10.0 Å². The highest BCUT2D eigenvalue weighted by Crippen LogP contribution is 2.20. The molecule has 2 N–H and O–H groups in total. The van der Waals surface area contributed by atoms with Crippen molar-refractivity contribution in [3.8, 4) is 5.75 Å². The zero-order valence-corrected chi connectivity index (χ0v) is 5.87. The number of hydrogen-bond acceptors (Lipinski definition) is 3. The van der Waals surface area contributed by atoms with Crippen molar-refractivity contribution >= 4 is 7.32 Å². The molecule has 0 atom stereocenters.